The molecule has 0 bridgehead atoms. The molecule has 56 heavy (non-hydrogen) atoms. The van der Waals surface area contributed by atoms with E-state index in [9.17, 15) is 19.2 Å². The smallest absolute Gasteiger partial charge is 0.310 e. The summed E-state index contributed by atoms with van der Waals surface area (Å²) in [6, 6.07) is 0. The van der Waals surface area contributed by atoms with Crippen molar-refractivity contribution in [2.75, 3.05) is 0 Å². The fourth-order valence-corrected chi connectivity index (χ4v) is 11.4. The summed E-state index contributed by atoms with van der Waals surface area (Å²) in [6.45, 7) is 33.1. The van der Waals surface area contributed by atoms with Crippen LogP contribution in [0.15, 0.2) is 0 Å². The molecule has 12 nitrogen and oxygen atoms in total. The normalized spacial score (nSPS) is 27.9. The first-order chi connectivity index (χ1) is 25.1. The highest BCUT2D eigenvalue weighted by Gasteiger charge is 2.48. The molecule has 4 fully saturated rings. The topological polar surface area (TPSA) is 153 Å². The Hall–Kier alpha value is -2.28. The van der Waals surface area contributed by atoms with Gasteiger partial charge < -0.3 is 40.2 Å². The van der Waals surface area contributed by atoms with Crippen LogP contribution in [0.3, 0.4) is 0 Å². The van der Waals surface area contributed by atoms with Crippen molar-refractivity contribution >= 4 is 23.9 Å². The predicted molar refractivity (Wildman–Crippen MR) is 218 cm³/mol. The van der Waals surface area contributed by atoms with Crippen LogP contribution in [0.2, 0.25) is 0 Å². The monoisotopic (exact) mass is 791 g/mol. The number of hydrogen-bond donors (Lipinski definition) is 4. The van der Waals surface area contributed by atoms with E-state index in [2.05, 4.69) is 132 Å². The molecule has 0 radical (unpaired) electrons. The summed E-state index contributed by atoms with van der Waals surface area (Å²) in [6.07, 6.45) is 1.83. The number of carbonyl (C=O) groups excluding carboxylic acids is 4. The van der Waals surface area contributed by atoms with Crippen LogP contribution in [-0.2, 0) is 38.1 Å². The van der Waals surface area contributed by atoms with Crippen molar-refractivity contribution in [2.45, 2.75) is 244 Å². The second kappa shape index (κ2) is 16.1. The van der Waals surface area contributed by atoms with Gasteiger partial charge in [-0.15, -0.1) is 0 Å². The Morgan fingerprint density at radius 1 is 0.375 bits per heavy atom. The third-order valence-corrected chi connectivity index (χ3v) is 11.6. The predicted octanol–water partition coefficient (Wildman–Crippen LogP) is 6.41. The highest BCUT2D eigenvalue weighted by atomic mass is 16.6. The molecule has 0 spiro atoms. The third kappa shape index (κ3) is 13.9. The van der Waals surface area contributed by atoms with E-state index >= 15 is 0 Å². The minimum Gasteiger partial charge on any atom is -0.462 e. The van der Waals surface area contributed by atoms with Gasteiger partial charge in [-0.2, -0.15) is 0 Å². The SMILES string of the molecule is CC1(C)CC(OC(=O)C[C@H](C(=O)OC2CC(C)(C)NC(C)(C)C2)[C@@H](CC(=O)OC2CC(C)(C)NC(C)(C)C2)C(=O)OC2CC(C)(C)NC(C)(C)C2)CC(C)(C)N1. The maximum atomic E-state index is 14.6. The van der Waals surface area contributed by atoms with E-state index < -0.39 is 73.0 Å². The molecule has 0 saturated carbocycles. The average Bonchev–Trinajstić information content (AvgIpc) is 2.87. The van der Waals surface area contributed by atoms with Crippen molar-refractivity contribution in [1.82, 2.24) is 21.3 Å². The minimum absolute atomic E-state index is 0.288. The van der Waals surface area contributed by atoms with E-state index in [1.54, 1.807) is 0 Å². The highest BCUT2D eigenvalue weighted by Crippen LogP contribution is 2.37. The second-order valence-corrected chi connectivity index (χ2v) is 23.2. The fourth-order valence-electron chi connectivity index (χ4n) is 11.4. The number of carbonyl (C=O) groups is 4. The Kier molecular flexibility index (Phi) is 13.3. The minimum atomic E-state index is -1.34. The molecular weight excluding hydrogens is 713 g/mol. The molecule has 4 saturated heterocycles. The molecule has 4 rings (SSSR count). The lowest BCUT2D eigenvalue weighted by molar-refractivity contribution is -0.178. The van der Waals surface area contributed by atoms with E-state index in [0.29, 0.717) is 51.4 Å². The second-order valence-electron chi connectivity index (χ2n) is 23.2. The Bertz CT molecular complexity index is 1290. The lowest BCUT2D eigenvalue weighted by atomic mass is 9.80. The molecule has 2 atom stereocenters. The largest absolute Gasteiger partial charge is 0.462 e. The van der Waals surface area contributed by atoms with Crippen LogP contribution in [0.4, 0.5) is 0 Å². The van der Waals surface area contributed by atoms with Crippen LogP contribution in [0.5, 0.6) is 0 Å². The van der Waals surface area contributed by atoms with Gasteiger partial charge in [0, 0.05) is 95.7 Å². The van der Waals surface area contributed by atoms with Gasteiger partial charge in [-0.05, 0) is 111 Å². The lowest BCUT2D eigenvalue weighted by Gasteiger charge is -2.47. The molecule has 0 aromatic carbocycles. The molecule has 0 aromatic heterocycles. The molecule has 4 aliphatic rings. The van der Waals surface area contributed by atoms with Crippen molar-refractivity contribution in [3.8, 4) is 0 Å². The zero-order valence-corrected chi connectivity index (χ0v) is 37.8. The molecular formula is C44H78N4O8. The van der Waals surface area contributed by atoms with Gasteiger partial charge in [-0.1, -0.05) is 0 Å². The van der Waals surface area contributed by atoms with E-state index in [0.717, 1.165) is 0 Å². The molecule has 4 aliphatic heterocycles. The van der Waals surface area contributed by atoms with Gasteiger partial charge in [0.25, 0.3) is 0 Å². The standard InChI is InChI=1S/C44H78N4O8/c1-37(2)19-27(20-38(3,4)45-37)53-33(49)17-31(35(51)55-29-23-41(9,10)47-42(11,12)24-29)32(36(52)56-30-25-43(13,14)48-44(15,16)26-30)18-34(50)54-28-21-39(5,6)46-40(7,8)22-28/h27-32,45-48H,17-26H2,1-16H3/t31-,32+. The fraction of sp³-hybridized carbons (Fsp3) is 0.909. The van der Waals surface area contributed by atoms with Gasteiger partial charge in [-0.25, -0.2) is 0 Å². The Balaban J connectivity index is 1.68. The van der Waals surface area contributed by atoms with Crippen molar-refractivity contribution in [3.05, 3.63) is 0 Å². The van der Waals surface area contributed by atoms with Gasteiger partial charge in [0.05, 0.1) is 24.7 Å². The summed E-state index contributed by atoms with van der Waals surface area (Å²) in [5, 5.41) is 14.5. The lowest BCUT2D eigenvalue weighted by Crippen LogP contribution is -2.60. The van der Waals surface area contributed by atoms with Crippen molar-refractivity contribution in [2.24, 2.45) is 11.8 Å². The summed E-state index contributed by atoms with van der Waals surface area (Å²) in [4.78, 5) is 57.3. The Morgan fingerprint density at radius 3 is 0.750 bits per heavy atom. The van der Waals surface area contributed by atoms with E-state index in [4.69, 9.17) is 18.9 Å². The van der Waals surface area contributed by atoms with E-state index in [-0.39, 0.29) is 44.3 Å². The van der Waals surface area contributed by atoms with Gasteiger partial charge in [0.2, 0.25) is 0 Å². The van der Waals surface area contributed by atoms with Crippen LogP contribution < -0.4 is 21.3 Å². The molecule has 0 unspecified atom stereocenters. The zero-order valence-electron chi connectivity index (χ0n) is 37.8. The van der Waals surface area contributed by atoms with Crippen molar-refractivity contribution < 1.29 is 38.1 Å². The van der Waals surface area contributed by atoms with Crippen LogP contribution in [0.1, 0.15) is 175 Å². The molecule has 4 N–H and O–H groups in total. The summed E-state index contributed by atoms with van der Waals surface area (Å²) >= 11 is 0. The van der Waals surface area contributed by atoms with Crippen LogP contribution in [0, 0.1) is 11.8 Å². The highest BCUT2D eigenvalue weighted by molar-refractivity contribution is 5.88. The summed E-state index contributed by atoms with van der Waals surface area (Å²) in [7, 11) is 0. The van der Waals surface area contributed by atoms with Gasteiger partial charge in [-0.3, -0.25) is 19.2 Å². The molecule has 0 amide bonds. The molecule has 0 aromatic rings. The van der Waals surface area contributed by atoms with Crippen molar-refractivity contribution in [3.63, 3.8) is 0 Å². The molecule has 12 heteroatoms. The number of rotatable bonds is 11. The van der Waals surface area contributed by atoms with Crippen LogP contribution in [0.25, 0.3) is 0 Å². The maximum absolute atomic E-state index is 14.6. The third-order valence-electron chi connectivity index (χ3n) is 11.6. The van der Waals surface area contributed by atoms with Crippen LogP contribution in [-0.4, -0.2) is 92.6 Å². The summed E-state index contributed by atoms with van der Waals surface area (Å²) in [5.41, 5.74) is -2.47. The van der Waals surface area contributed by atoms with Crippen LogP contribution >= 0.6 is 0 Å². The Labute approximate surface area is 338 Å². The first-order valence-electron chi connectivity index (χ1n) is 21.1. The summed E-state index contributed by atoms with van der Waals surface area (Å²) < 4.78 is 24.8. The van der Waals surface area contributed by atoms with Crippen molar-refractivity contribution in [1.29, 1.82) is 0 Å². The van der Waals surface area contributed by atoms with Gasteiger partial charge in [0.15, 0.2) is 0 Å². The van der Waals surface area contributed by atoms with Gasteiger partial charge >= 0.3 is 23.9 Å². The Morgan fingerprint density at radius 2 is 0.554 bits per heavy atom. The number of esters is 4. The molecule has 0 aliphatic carbocycles. The summed E-state index contributed by atoms with van der Waals surface area (Å²) in [5.74, 6) is -5.33. The number of nitrogens with one attached hydrogen (secondary N) is 4. The zero-order chi connectivity index (χ0) is 42.5. The number of ether oxygens (including phenoxy) is 4. The number of hydrogen-bond acceptors (Lipinski definition) is 12. The average molecular weight is 791 g/mol. The quantitative estimate of drug-likeness (QED) is 0.135. The first-order valence-corrected chi connectivity index (χ1v) is 21.1. The first kappa shape index (κ1) is 46.4. The maximum Gasteiger partial charge on any atom is 0.310 e. The molecule has 322 valence electrons. The van der Waals surface area contributed by atoms with E-state index in [1.165, 1.54) is 0 Å². The number of piperidine rings is 4. The van der Waals surface area contributed by atoms with E-state index in [1.807, 2.05) is 0 Å². The molecule has 4 heterocycles. The van der Waals surface area contributed by atoms with Gasteiger partial charge in [0.1, 0.15) is 24.4 Å².